The topological polar surface area (TPSA) is 48.0 Å². The number of halogens is 3. The number of ether oxygens (including phenoxy) is 3. The Morgan fingerprint density at radius 1 is 1.15 bits per heavy atom. The van der Waals surface area contributed by atoms with Crippen LogP contribution in [0.2, 0.25) is 0 Å². The molecule has 2 aliphatic rings. The van der Waals surface area contributed by atoms with E-state index < -0.39 is 23.2 Å². The lowest BCUT2D eigenvalue weighted by Crippen LogP contribution is -2.52. The number of hydrogen-bond donors (Lipinski definition) is 0. The molecule has 2 aliphatic heterocycles. The van der Waals surface area contributed by atoms with Crippen LogP contribution in [-0.2, 0) is 15.7 Å². The maximum atomic E-state index is 13.6. The number of carbonyl (C=O) groups is 1. The molecule has 2 fully saturated rings. The molecular weight excluding hydrogens is 447 g/mol. The maximum Gasteiger partial charge on any atom is 0.417 e. The molecule has 2 saturated heterocycles. The molecule has 4 rings (SSSR count). The molecule has 0 aliphatic carbocycles. The van der Waals surface area contributed by atoms with Crippen LogP contribution < -0.4 is 4.74 Å². The van der Waals surface area contributed by atoms with E-state index >= 15 is 0 Å². The number of rotatable bonds is 5. The van der Waals surface area contributed by atoms with E-state index in [1.165, 1.54) is 24.1 Å². The third-order valence-electron chi connectivity index (χ3n) is 6.77. The molecule has 0 radical (unpaired) electrons. The molecule has 0 saturated carbocycles. The van der Waals surface area contributed by atoms with Crippen LogP contribution in [0, 0.1) is 0 Å². The Hall–Kier alpha value is -2.58. The van der Waals surface area contributed by atoms with Crippen molar-refractivity contribution in [2.24, 2.45) is 0 Å². The zero-order valence-corrected chi connectivity index (χ0v) is 19.4. The molecule has 0 bridgehead atoms. The standard InChI is InChI=1S/C26H30F3NO4/c1-3-33-20-16-23(18-7-5-4-6-8-18)34-25(17-20)11-13-30(14-12-25)24(31)21-10-9-19(32-2)15-22(21)26(27,28)29/h4-10,15,20,23H,3,11-14,16-17H2,1-2H3. The fourth-order valence-electron chi connectivity index (χ4n) is 5.05. The number of alkyl halides is 3. The third-order valence-corrected chi connectivity index (χ3v) is 6.77. The smallest absolute Gasteiger partial charge is 0.417 e. The zero-order valence-electron chi connectivity index (χ0n) is 19.4. The minimum atomic E-state index is -4.66. The van der Waals surface area contributed by atoms with Gasteiger partial charge >= 0.3 is 6.18 Å². The molecule has 0 N–H and O–H groups in total. The third kappa shape index (κ3) is 5.23. The van der Waals surface area contributed by atoms with Crippen LogP contribution in [0.5, 0.6) is 5.75 Å². The van der Waals surface area contributed by atoms with Gasteiger partial charge in [0.25, 0.3) is 5.91 Å². The number of carbonyl (C=O) groups excluding carboxylic acids is 1. The zero-order chi connectivity index (χ0) is 24.3. The Morgan fingerprint density at radius 2 is 1.85 bits per heavy atom. The Kier molecular flexibility index (Phi) is 7.19. The van der Waals surface area contributed by atoms with Crippen LogP contribution in [-0.4, -0.2) is 49.3 Å². The van der Waals surface area contributed by atoms with E-state index in [0.29, 0.717) is 39.0 Å². The minimum absolute atomic E-state index is 0.0321. The second kappa shape index (κ2) is 9.96. The Bertz CT molecular complexity index is 987. The molecule has 2 heterocycles. The minimum Gasteiger partial charge on any atom is -0.497 e. The molecule has 2 atom stereocenters. The van der Waals surface area contributed by atoms with Crippen molar-refractivity contribution in [2.45, 2.75) is 56.6 Å². The summed E-state index contributed by atoms with van der Waals surface area (Å²) in [7, 11) is 1.30. The van der Waals surface area contributed by atoms with Gasteiger partial charge in [-0.15, -0.1) is 0 Å². The van der Waals surface area contributed by atoms with Gasteiger partial charge < -0.3 is 19.1 Å². The van der Waals surface area contributed by atoms with E-state index in [9.17, 15) is 18.0 Å². The van der Waals surface area contributed by atoms with Gasteiger partial charge in [0.15, 0.2) is 0 Å². The molecule has 0 aromatic heterocycles. The summed E-state index contributed by atoms with van der Waals surface area (Å²) in [6.45, 7) is 3.21. The normalized spacial score (nSPS) is 22.6. The number of benzene rings is 2. The summed E-state index contributed by atoms with van der Waals surface area (Å²) < 4.78 is 58.4. The van der Waals surface area contributed by atoms with Crippen molar-refractivity contribution in [1.29, 1.82) is 0 Å². The average molecular weight is 478 g/mol. The van der Waals surface area contributed by atoms with Crippen LogP contribution in [0.1, 0.15) is 60.2 Å². The maximum absolute atomic E-state index is 13.6. The van der Waals surface area contributed by atoms with Gasteiger partial charge in [0.1, 0.15) is 5.75 Å². The molecule has 2 aromatic carbocycles. The molecule has 5 nitrogen and oxygen atoms in total. The van der Waals surface area contributed by atoms with Gasteiger partial charge in [-0.2, -0.15) is 13.2 Å². The fraction of sp³-hybridized carbons (Fsp3) is 0.500. The van der Waals surface area contributed by atoms with E-state index in [2.05, 4.69) is 0 Å². The molecule has 34 heavy (non-hydrogen) atoms. The van der Waals surface area contributed by atoms with Gasteiger partial charge in [-0.1, -0.05) is 30.3 Å². The van der Waals surface area contributed by atoms with Gasteiger partial charge in [0.05, 0.1) is 36.0 Å². The van der Waals surface area contributed by atoms with E-state index in [4.69, 9.17) is 14.2 Å². The van der Waals surface area contributed by atoms with Crippen molar-refractivity contribution in [2.75, 3.05) is 26.8 Å². The molecule has 2 unspecified atom stereocenters. The van der Waals surface area contributed by atoms with Gasteiger partial charge in [-0.25, -0.2) is 0 Å². The highest BCUT2D eigenvalue weighted by molar-refractivity contribution is 5.96. The van der Waals surface area contributed by atoms with Crippen molar-refractivity contribution >= 4 is 5.91 Å². The number of hydrogen-bond acceptors (Lipinski definition) is 4. The van der Waals surface area contributed by atoms with Crippen LogP contribution in [0.3, 0.4) is 0 Å². The summed E-state index contributed by atoms with van der Waals surface area (Å²) in [5, 5.41) is 0. The highest BCUT2D eigenvalue weighted by Crippen LogP contribution is 2.44. The Morgan fingerprint density at radius 3 is 2.47 bits per heavy atom. The van der Waals surface area contributed by atoms with Crippen LogP contribution in [0.15, 0.2) is 48.5 Å². The summed E-state index contributed by atoms with van der Waals surface area (Å²) in [5.41, 5.74) is -0.727. The molecule has 8 heteroatoms. The first-order valence-electron chi connectivity index (χ1n) is 11.6. The molecule has 2 aromatic rings. The monoisotopic (exact) mass is 477 g/mol. The Balaban J connectivity index is 1.51. The summed E-state index contributed by atoms with van der Waals surface area (Å²) in [6, 6.07) is 13.4. The first kappa shape index (κ1) is 24.5. The largest absolute Gasteiger partial charge is 0.497 e. The fourth-order valence-corrected chi connectivity index (χ4v) is 5.05. The predicted molar refractivity (Wildman–Crippen MR) is 121 cm³/mol. The van der Waals surface area contributed by atoms with E-state index in [-0.39, 0.29) is 23.5 Å². The number of likely N-dealkylation sites (tertiary alicyclic amines) is 1. The second-order valence-electron chi connectivity index (χ2n) is 8.92. The van der Waals surface area contributed by atoms with Crippen LogP contribution in [0.25, 0.3) is 0 Å². The van der Waals surface area contributed by atoms with Crippen molar-refractivity contribution < 1.29 is 32.2 Å². The second-order valence-corrected chi connectivity index (χ2v) is 8.92. The lowest BCUT2D eigenvalue weighted by molar-refractivity contribution is -0.190. The van der Waals surface area contributed by atoms with E-state index in [1.54, 1.807) is 0 Å². The van der Waals surface area contributed by atoms with Crippen molar-refractivity contribution in [3.05, 3.63) is 65.2 Å². The SMILES string of the molecule is CCOC1CC(c2ccccc2)OC2(CCN(C(=O)c3ccc(OC)cc3C(F)(F)F)CC2)C1. The van der Waals surface area contributed by atoms with Gasteiger partial charge in [-0.3, -0.25) is 4.79 Å². The summed E-state index contributed by atoms with van der Waals surface area (Å²) in [6.07, 6.45) is -2.19. The average Bonchev–Trinajstić information content (AvgIpc) is 2.84. The van der Waals surface area contributed by atoms with Crippen molar-refractivity contribution in [1.82, 2.24) is 4.90 Å². The molecule has 184 valence electrons. The summed E-state index contributed by atoms with van der Waals surface area (Å²) in [4.78, 5) is 14.6. The summed E-state index contributed by atoms with van der Waals surface area (Å²) >= 11 is 0. The van der Waals surface area contributed by atoms with Gasteiger partial charge in [-0.05, 0) is 43.5 Å². The first-order chi connectivity index (χ1) is 16.2. The predicted octanol–water partition coefficient (Wildman–Crippen LogP) is 5.65. The quantitative estimate of drug-likeness (QED) is 0.559. The van der Waals surface area contributed by atoms with Gasteiger partial charge in [0, 0.05) is 32.5 Å². The highest BCUT2D eigenvalue weighted by atomic mass is 19.4. The van der Waals surface area contributed by atoms with E-state index in [0.717, 1.165) is 18.1 Å². The Labute approximate surface area is 197 Å². The summed E-state index contributed by atoms with van der Waals surface area (Å²) in [5.74, 6) is -0.562. The number of nitrogens with zero attached hydrogens (tertiary/aromatic N) is 1. The first-order valence-corrected chi connectivity index (χ1v) is 11.6. The lowest BCUT2D eigenvalue weighted by atomic mass is 9.80. The number of methoxy groups -OCH3 is 1. The molecular formula is C26H30F3NO4. The van der Waals surface area contributed by atoms with Gasteiger partial charge in [0.2, 0.25) is 0 Å². The molecule has 1 amide bonds. The number of piperidine rings is 1. The van der Waals surface area contributed by atoms with Crippen LogP contribution in [0.4, 0.5) is 13.2 Å². The highest BCUT2D eigenvalue weighted by Gasteiger charge is 2.46. The molecule has 1 spiro atoms. The van der Waals surface area contributed by atoms with Crippen LogP contribution >= 0.6 is 0 Å². The van der Waals surface area contributed by atoms with E-state index in [1.807, 2.05) is 37.3 Å². The van der Waals surface area contributed by atoms with Crippen molar-refractivity contribution in [3.63, 3.8) is 0 Å². The lowest BCUT2D eigenvalue weighted by Gasteiger charge is -2.49. The van der Waals surface area contributed by atoms with Crippen molar-refractivity contribution in [3.8, 4) is 5.75 Å². The number of amides is 1.